The maximum absolute atomic E-state index is 11.9. The molecule has 1 fully saturated rings. The highest BCUT2D eigenvalue weighted by molar-refractivity contribution is 5.95. The minimum Gasteiger partial charge on any atom is -0.358 e. The highest BCUT2D eigenvalue weighted by Crippen LogP contribution is 2.33. The third kappa shape index (κ3) is 2.13. The van der Waals surface area contributed by atoms with Crippen LogP contribution < -0.4 is 11.1 Å². The molecule has 0 saturated carbocycles. The van der Waals surface area contributed by atoms with Crippen LogP contribution in [0, 0.1) is 11.8 Å². The summed E-state index contributed by atoms with van der Waals surface area (Å²) in [5, 5.41) is 2.59. The van der Waals surface area contributed by atoms with Gasteiger partial charge in [0.1, 0.15) is 0 Å². The lowest BCUT2D eigenvalue weighted by Crippen LogP contribution is -2.56. The number of likely N-dealkylation sites (tertiary alicyclic amines) is 1. The Hall–Kier alpha value is -2.11. The van der Waals surface area contributed by atoms with Gasteiger partial charge in [-0.15, -0.1) is 0 Å². The van der Waals surface area contributed by atoms with E-state index in [1.165, 1.54) is 0 Å². The zero-order valence-electron chi connectivity index (χ0n) is 9.78. The summed E-state index contributed by atoms with van der Waals surface area (Å²) in [5.74, 6) is -0.293. The van der Waals surface area contributed by atoms with Gasteiger partial charge in [0.15, 0.2) is 0 Å². The molecule has 0 aromatic rings. The number of allylic oxidation sites excluding steroid dienone is 2. The van der Waals surface area contributed by atoms with Gasteiger partial charge in [0.25, 0.3) is 0 Å². The molecule has 6 heteroatoms. The maximum Gasteiger partial charge on any atom is 0.322 e. The minimum absolute atomic E-state index is 0.00708. The normalized spacial score (nSPS) is 29.9. The van der Waals surface area contributed by atoms with Crippen molar-refractivity contribution < 1.29 is 14.4 Å². The van der Waals surface area contributed by atoms with Crippen LogP contribution in [0.15, 0.2) is 24.3 Å². The average molecular weight is 249 g/mol. The fourth-order valence-corrected chi connectivity index (χ4v) is 2.61. The Morgan fingerprint density at radius 1 is 1.50 bits per heavy atom. The first kappa shape index (κ1) is 12.3. The van der Waals surface area contributed by atoms with Crippen molar-refractivity contribution in [2.75, 3.05) is 6.54 Å². The number of urea groups is 1. The van der Waals surface area contributed by atoms with Crippen LogP contribution in [0.4, 0.5) is 4.79 Å². The second kappa shape index (κ2) is 5.03. The molecule has 96 valence electrons. The zero-order chi connectivity index (χ0) is 13.1. The van der Waals surface area contributed by atoms with E-state index in [4.69, 9.17) is 5.73 Å². The van der Waals surface area contributed by atoms with Crippen molar-refractivity contribution >= 4 is 18.3 Å². The molecule has 6 nitrogen and oxygen atoms in total. The Kier molecular flexibility index (Phi) is 3.45. The van der Waals surface area contributed by atoms with Crippen LogP contribution in [-0.2, 0) is 9.59 Å². The minimum atomic E-state index is -0.725. The molecule has 0 bridgehead atoms. The number of amides is 4. The molecule has 0 aromatic carbocycles. The van der Waals surface area contributed by atoms with Gasteiger partial charge in [-0.05, 0) is 5.92 Å². The van der Waals surface area contributed by atoms with Crippen molar-refractivity contribution in [1.82, 2.24) is 10.2 Å². The molecular weight excluding hydrogens is 234 g/mol. The third-order valence-corrected chi connectivity index (χ3v) is 3.40. The number of nitrogens with two attached hydrogens (primary N) is 1. The van der Waals surface area contributed by atoms with Crippen LogP contribution in [0.5, 0.6) is 0 Å². The Labute approximate surface area is 104 Å². The number of primary amides is 1. The van der Waals surface area contributed by atoms with Crippen molar-refractivity contribution in [3.05, 3.63) is 24.3 Å². The van der Waals surface area contributed by atoms with E-state index in [1.54, 1.807) is 12.2 Å². The molecular formula is C12H15N3O3. The predicted molar refractivity (Wildman–Crippen MR) is 64.2 cm³/mol. The van der Waals surface area contributed by atoms with E-state index >= 15 is 0 Å². The summed E-state index contributed by atoms with van der Waals surface area (Å²) in [5.41, 5.74) is 5.25. The van der Waals surface area contributed by atoms with E-state index in [0.29, 0.717) is 13.0 Å². The Balaban J connectivity index is 2.23. The summed E-state index contributed by atoms with van der Waals surface area (Å²) in [7, 11) is 0. The van der Waals surface area contributed by atoms with Crippen molar-refractivity contribution in [3.63, 3.8) is 0 Å². The fraction of sp³-hybridized carbons (Fsp3) is 0.417. The monoisotopic (exact) mass is 249 g/mol. The van der Waals surface area contributed by atoms with Gasteiger partial charge >= 0.3 is 6.03 Å². The zero-order valence-corrected chi connectivity index (χ0v) is 9.78. The highest BCUT2D eigenvalue weighted by Gasteiger charge is 2.42. The Bertz CT molecular complexity index is 430. The van der Waals surface area contributed by atoms with Gasteiger partial charge in [0.2, 0.25) is 12.3 Å². The summed E-state index contributed by atoms with van der Waals surface area (Å²) in [4.78, 5) is 34.7. The molecule has 4 amide bonds. The second-order valence-corrected chi connectivity index (χ2v) is 4.43. The SMILES string of the molecule is NC(=O)N1C(=O)CC(CNC=O)C2C=CC=CC21. The number of nitrogens with one attached hydrogen (secondary N) is 1. The summed E-state index contributed by atoms with van der Waals surface area (Å²) in [6, 6.07) is -1.07. The number of fused-ring (bicyclic) bond motifs is 1. The van der Waals surface area contributed by atoms with Gasteiger partial charge in [0, 0.05) is 18.9 Å². The van der Waals surface area contributed by atoms with Gasteiger partial charge in [-0.25, -0.2) is 4.79 Å². The number of hydrogen-bond acceptors (Lipinski definition) is 3. The van der Waals surface area contributed by atoms with E-state index in [2.05, 4.69) is 5.32 Å². The van der Waals surface area contributed by atoms with Crippen LogP contribution in [0.2, 0.25) is 0 Å². The summed E-state index contributed by atoms with van der Waals surface area (Å²) >= 11 is 0. The first-order valence-electron chi connectivity index (χ1n) is 5.78. The average Bonchev–Trinajstić information content (AvgIpc) is 2.35. The molecule has 2 rings (SSSR count). The standard InChI is InChI=1S/C12H15N3O3/c13-12(18)15-10-4-2-1-3-9(10)8(5-11(15)17)6-14-7-16/h1-4,7-10H,5-6H2,(H2,13,18)(H,14,16). The Morgan fingerprint density at radius 3 is 2.89 bits per heavy atom. The van der Waals surface area contributed by atoms with Crippen LogP contribution in [-0.4, -0.2) is 35.8 Å². The third-order valence-electron chi connectivity index (χ3n) is 3.40. The topological polar surface area (TPSA) is 92.5 Å². The maximum atomic E-state index is 11.9. The van der Waals surface area contributed by atoms with Crippen LogP contribution in [0.3, 0.4) is 0 Å². The summed E-state index contributed by atoms with van der Waals surface area (Å²) < 4.78 is 0. The van der Waals surface area contributed by atoms with Gasteiger partial charge in [-0.2, -0.15) is 0 Å². The summed E-state index contributed by atoms with van der Waals surface area (Å²) in [6.07, 6.45) is 8.24. The molecule has 3 atom stereocenters. The smallest absolute Gasteiger partial charge is 0.322 e. The van der Waals surface area contributed by atoms with Crippen molar-refractivity contribution in [1.29, 1.82) is 0 Å². The Morgan fingerprint density at radius 2 is 2.22 bits per heavy atom. The largest absolute Gasteiger partial charge is 0.358 e. The van der Waals surface area contributed by atoms with Gasteiger partial charge in [-0.3, -0.25) is 14.5 Å². The number of nitrogens with zero attached hydrogens (tertiary/aromatic N) is 1. The first-order chi connectivity index (χ1) is 8.65. The number of imide groups is 1. The first-order valence-corrected chi connectivity index (χ1v) is 5.78. The quantitative estimate of drug-likeness (QED) is 0.677. The van der Waals surface area contributed by atoms with Crippen LogP contribution in [0.1, 0.15) is 6.42 Å². The lowest BCUT2D eigenvalue weighted by molar-refractivity contribution is -0.135. The highest BCUT2D eigenvalue weighted by atomic mass is 16.2. The van der Waals surface area contributed by atoms with Crippen molar-refractivity contribution in [3.8, 4) is 0 Å². The molecule has 18 heavy (non-hydrogen) atoms. The molecule has 1 aliphatic heterocycles. The lowest BCUT2D eigenvalue weighted by atomic mass is 9.77. The van der Waals surface area contributed by atoms with Gasteiger partial charge in [0.05, 0.1) is 6.04 Å². The van der Waals surface area contributed by atoms with E-state index in [0.717, 1.165) is 4.90 Å². The molecule has 0 spiro atoms. The predicted octanol–water partition coefficient (Wildman–Crippen LogP) is -0.230. The van der Waals surface area contributed by atoms with Crippen molar-refractivity contribution in [2.24, 2.45) is 17.6 Å². The van der Waals surface area contributed by atoms with Crippen molar-refractivity contribution in [2.45, 2.75) is 12.5 Å². The van der Waals surface area contributed by atoms with Gasteiger partial charge in [-0.1, -0.05) is 24.3 Å². The van der Waals surface area contributed by atoms with E-state index in [1.807, 2.05) is 12.2 Å². The number of carbonyl (C=O) groups is 3. The molecule has 0 aromatic heterocycles. The van der Waals surface area contributed by atoms with Crippen LogP contribution in [0.25, 0.3) is 0 Å². The van der Waals surface area contributed by atoms with E-state index in [-0.39, 0.29) is 30.2 Å². The number of rotatable bonds is 3. The molecule has 1 saturated heterocycles. The van der Waals surface area contributed by atoms with Crippen LogP contribution >= 0.6 is 0 Å². The number of hydrogen-bond donors (Lipinski definition) is 2. The number of piperidine rings is 1. The molecule has 1 aliphatic carbocycles. The molecule has 0 radical (unpaired) electrons. The summed E-state index contributed by atoms with van der Waals surface area (Å²) in [6.45, 7) is 0.418. The van der Waals surface area contributed by atoms with E-state index < -0.39 is 6.03 Å². The fourth-order valence-electron chi connectivity index (χ4n) is 2.61. The molecule has 2 aliphatic rings. The second-order valence-electron chi connectivity index (χ2n) is 4.43. The lowest BCUT2D eigenvalue weighted by Gasteiger charge is -2.41. The molecule has 1 heterocycles. The number of carbonyl (C=O) groups excluding carboxylic acids is 3. The van der Waals surface area contributed by atoms with E-state index in [9.17, 15) is 14.4 Å². The van der Waals surface area contributed by atoms with Gasteiger partial charge < -0.3 is 11.1 Å². The molecule has 3 unspecified atom stereocenters. The molecule has 3 N–H and O–H groups in total.